The second kappa shape index (κ2) is 4.67. The highest BCUT2D eigenvalue weighted by Gasteiger charge is 2.29. The predicted molar refractivity (Wildman–Crippen MR) is 76.2 cm³/mol. The highest BCUT2D eigenvalue weighted by Crippen LogP contribution is 2.37. The van der Waals surface area contributed by atoms with E-state index in [1.165, 1.54) is 11.0 Å². The molecule has 1 aliphatic rings. The molecule has 1 saturated carbocycles. The lowest BCUT2D eigenvalue weighted by molar-refractivity contribution is 0.0983. The average molecular weight is 273 g/mol. The zero-order valence-electron chi connectivity index (χ0n) is 11.2. The number of carbonyl (C=O) groups is 1. The molecule has 0 spiro atoms. The predicted octanol–water partition coefficient (Wildman–Crippen LogP) is 2.82. The number of nitrogen functional groups attached to an aromatic ring is 1. The van der Waals surface area contributed by atoms with Gasteiger partial charge in [0.05, 0.1) is 11.4 Å². The first-order chi connectivity index (χ1) is 9.58. The van der Waals surface area contributed by atoms with Crippen LogP contribution in [0.4, 0.5) is 15.8 Å². The van der Waals surface area contributed by atoms with Crippen molar-refractivity contribution >= 4 is 17.3 Å². The number of amides is 1. The molecule has 4 nitrogen and oxygen atoms in total. The van der Waals surface area contributed by atoms with Crippen molar-refractivity contribution in [3.63, 3.8) is 0 Å². The minimum absolute atomic E-state index is 0.251. The van der Waals surface area contributed by atoms with Crippen LogP contribution >= 0.6 is 0 Å². The van der Waals surface area contributed by atoms with Crippen LogP contribution in [0.5, 0.6) is 0 Å². The quantitative estimate of drug-likeness (QED) is 0.935. The van der Waals surface area contributed by atoms with E-state index in [9.17, 15) is 9.18 Å². The number of hydrogen-bond donors (Lipinski definition) is 1. The van der Waals surface area contributed by atoms with Gasteiger partial charge in [-0.05, 0) is 31.0 Å². The lowest BCUT2D eigenvalue weighted by Crippen LogP contribution is -2.29. The molecule has 5 heteroatoms. The summed E-state index contributed by atoms with van der Waals surface area (Å²) in [5.74, 6) is -0.667. The molecule has 1 amide bonds. The first kappa shape index (κ1) is 12.7. The molecule has 1 aromatic heterocycles. The molecule has 1 aromatic carbocycles. The minimum atomic E-state index is -0.416. The molecule has 3 rings (SSSR count). The Morgan fingerprint density at radius 1 is 1.40 bits per heavy atom. The third-order valence-electron chi connectivity index (χ3n) is 3.55. The number of para-hydroxylation sites is 1. The standard InChI is InChI=1S/C15H16FN3O/c1-18(13-5-3-2-4-12(13)16)15(20)14-8-10(17)9-19(14)11-6-7-11/h2-5,8-9,11H,6-7,17H2,1H3. The second-order valence-electron chi connectivity index (χ2n) is 5.11. The molecule has 1 fully saturated rings. The number of nitrogens with two attached hydrogens (primary N) is 1. The van der Waals surface area contributed by atoms with E-state index in [1.807, 2.05) is 4.57 Å². The van der Waals surface area contributed by atoms with Crippen molar-refractivity contribution in [1.29, 1.82) is 0 Å². The fourth-order valence-corrected chi connectivity index (χ4v) is 2.33. The Hall–Kier alpha value is -2.30. The van der Waals surface area contributed by atoms with Gasteiger partial charge in [0.1, 0.15) is 11.5 Å². The molecule has 2 N–H and O–H groups in total. The molecule has 0 atom stereocenters. The summed E-state index contributed by atoms with van der Waals surface area (Å²) in [5, 5.41) is 0. The van der Waals surface area contributed by atoms with E-state index in [0.29, 0.717) is 17.4 Å². The molecule has 0 saturated heterocycles. The Balaban J connectivity index is 1.94. The number of carbonyl (C=O) groups excluding carboxylic acids is 1. The molecule has 1 heterocycles. The van der Waals surface area contributed by atoms with Crippen LogP contribution in [0.2, 0.25) is 0 Å². The van der Waals surface area contributed by atoms with E-state index in [-0.39, 0.29) is 11.6 Å². The maximum atomic E-state index is 13.8. The van der Waals surface area contributed by atoms with Gasteiger partial charge in [0.25, 0.3) is 5.91 Å². The second-order valence-corrected chi connectivity index (χ2v) is 5.11. The van der Waals surface area contributed by atoms with Crippen LogP contribution in [0.25, 0.3) is 0 Å². The fourth-order valence-electron chi connectivity index (χ4n) is 2.33. The Morgan fingerprint density at radius 2 is 2.10 bits per heavy atom. The first-order valence-corrected chi connectivity index (χ1v) is 6.58. The monoisotopic (exact) mass is 273 g/mol. The average Bonchev–Trinajstić information content (AvgIpc) is 3.20. The molecule has 0 aliphatic heterocycles. The van der Waals surface area contributed by atoms with Gasteiger partial charge in [-0.2, -0.15) is 0 Å². The van der Waals surface area contributed by atoms with Crippen LogP contribution in [0, 0.1) is 5.82 Å². The van der Waals surface area contributed by atoms with Crippen molar-refractivity contribution < 1.29 is 9.18 Å². The van der Waals surface area contributed by atoms with Gasteiger partial charge in [0.2, 0.25) is 0 Å². The molecular weight excluding hydrogens is 257 g/mol. The van der Waals surface area contributed by atoms with E-state index in [1.54, 1.807) is 37.5 Å². The third kappa shape index (κ3) is 2.15. The molecule has 0 unspecified atom stereocenters. The van der Waals surface area contributed by atoms with E-state index in [4.69, 9.17) is 5.73 Å². The van der Waals surface area contributed by atoms with Crippen LogP contribution in [-0.2, 0) is 0 Å². The lowest BCUT2D eigenvalue weighted by Gasteiger charge is -2.19. The van der Waals surface area contributed by atoms with Crippen molar-refractivity contribution in [2.75, 3.05) is 17.7 Å². The summed E-state index contributed by atoms with van der Waals surface area (Å²) in [6, 6.07) is 8.23. The number of nitrogens with zero attached hydrogens (tertiary/aromatic N) is 2. The van der Waals surface area contributed by atoms with Crippen LogP contribution < -0.4 is 10.6 Å². The van der Waals surface area contributed by atoms with Gasteiger partial charge < -0.3 is 15.2 Å². The summed E-state index contributed by atoms with van der Waals surface area (Å²) in [6.07, 6.45) is 3.88. The van der Waals surface area contributed by atoms with Gasteiger partial charge in [0, 0.05) is 19.3 Å². The molecule has 0 bridgehead atoms. The zero-order chi connectivity index (χ0) is 14.3. The number of aromatic nitrogens is 1. The molecular formula is C15H16FN3O. The maximum absolute atomic E-state index is 13.8. The summed E-state index contributed by atoms with van der Waals surface area (Å²) in [7, 11) is 1.57. The topological polar surface area (TPSA) is 51.3 Å². The van der Waals surface area contributed by atoms with Crippen LogP contribution in [0.3, 0.4) is 0 Å². The van der Waals surface area contributed by atoms with Gasteiger partial charge in [-0.15, -0.1) is 0 Å². The third-order valence-corrected chi connectivity index (χ3v) is 3.55. The number of benzene rings is 1. The van der Waals surface area contributed by atoms with Crippen LogP contribution in [0.1, 0.15) is 29.4 Å². The minimum Gasteiger partial charge on any atom is -0.397 e. The normalized spacial score (nSPS) is 14.3. The summed E-state index contributed by atoms with van der Waals surface area (Å²) in [6.45, 7) is 0. The number of hydrogen-bond acceptors (Lipinski definition) is 2. The van der Waals surface area contributed by atoms with Crippen molar-refractivity contribution in [2.24, 2.45) is 0 Å². The molecule has 2 aromatic rings. The van der Waals surface area contributed by atoms with Crippen molar-refractivity contribution in [3.05, 3.63) is 48.0 Å². The van der Waals surface area contributed by atoms with E-state index in [2.05, 4.69) is 0 Å². The SMILES string of the molecule is CN(C(=O)c1cc(N)cn1C1CC1)c1ccccc1F. The van der Waals surface area contributed by atoms with Gasteiger partial charge in [-0.1, -0.05) is 12.1 Å². The van der Waals surface area contributed by atoms with Gasteiger partial charge in [-0.3, -0.25) is 4.79 Å². The maximum Gasteiger partial charge on any atom is 0.274 e. The largest absolute Gasteiger partial charge is 0.397 e. The van der Waals surface area contributed by atoms with Gasteiger partial charge >= 0.3 is 0 Å². The van der Waals surface area contributed by atoms with E-state index >= 15 is 0 Å². The highest BCUT2D eigenvalue weighted by atomic mass is 19.1. The Labute approximate surface area is 116 Å². The highest BCUT2D eigenvalue weighted by molar-refractivity contribution is 6.05. The molecule has 1 aliphatic carbocycles. The Bertz CT molecular complexity index is 661. The Kier molecular flexibility index (Phi) is 2.97. The zero-order valence-corrected chi connectivity index (χ0v) is 11.2. The Morgan fingerprint density at radius 3 is 2.75 bits per heavy atom. The fraction of sp³-hybridized carbons (Fsp3) is 0.267. The first-order valence-electron chi connectivity index (χ1n) is 6.58. The summed E-state index contributed by atoms with van der Waals surface area (Å²) >= 11 is 0. The number of rotatable bonds is 3. The summed E-state index contributed by atoms with van der Waals surface area (Å²) in [4.78, 5) is 13.9. The van der Waals surface area contributed by atoms with Crippen LogP contribution in [0.15, 0.2) is 36.5 Å². The summed E-state index contributed by atoms with van der Waals surface area (Å²) in [5.41, 5.74) is 7.12. The van der Waals surface area contributed by atoms with Gasteiger partial charge in [-0.25, -0.2) is 4.39 Å². The van der Waals surface area contributed by atoms with E-state index in [0.717, 1.165) is 12.8 Å². The van der Waals surface area contributed by atoms with Gasteiger partial charge in [0.15, 0.2) is 0 Å². The smallest absolute Gasteiger partial charge is 0.274 e. The molecule has 20 heavy (non-hydrogen) atoms. The number of anilines is 2. The lowest BCUT2D eigenvalue weighted by atomic mass is 10.2. The van der Waals surface area contributed by atoms with Crippen LogP contribution in [-0.4, -0.2) is 17.5 Å². The molecule has 0 radical (unpaired) electrons. The van der Waals surface area contributed by atoms with Crippen molar-refractivity contribution in [1.82, 2.24) is 4.57 Å². The van der Waals surface area contributed by atoms with E-state index < -0.39 is 5.82 Å². The number of halogens is 1. The van der Waals surface area contributed by atoms with Crippen molar-refractivity contribution in [3.8, 4) is 0 Å². The van der Waals surface area contributed by atoms with Crippen molar-refractivity contribution in [2.45, 2.75) is 18.9 Å². The summed E-state index contributed by atoms with van der Waals surface area (Å²) < 4.78 is 15.7. The molecule has 104 valence electrons.